The number of aromatic nitrogens is 2. The van der Waals surface area contributed by atoms with Crippen molar-refractivity contribution in [2.45, 2.75) is 39.5 Å². The zero-order chi connectivity index (χ0) is 20.1. The number of aryl methyl sites for hydroxylation is 2. The fourth-order valence-corrected chi connectivity index (χ4v) is 3.14. The highest BCUT2D eigenvalue weighted by Gasteiger charge is 2.20. The van der Waals surface area contributed by atoms with Crippen LogP contribution in [0.1, 0.15) is 47.3 Å². The van der Waals surface area contributed by atoms with Crippen LogP contribution in [-0.4, -0.2) is 32.9 Å². The normalized spacial score (nSPS) is 10.9. The highest BCUT2D eigenvalue weighted by Crippen LogP contribution is 2.25. The number of carboxylic acids is 1. The maximum atomic E-state index is 13.0. The van der Waals surface area contributed by atoms with Crippen LogP contribution < -0.4 is 5.32 Å². The molecule has 0 aliphatic carbocycles. The summed E-state index contributed by atoms with van der Waals surface area (Å²) < 4.78 is 1.84. The molecule has 0 atom stereocenters. The molecule has 146 valence electrons. The van der Waals surface area contributed by atoms with Gasteiger partial charge in [-0.25, -0.2) is 4.98 Å². The Morgan fingerprint density at radius 2 is 1.71 bits per heavy atom. The van der Waals surface area contributed by atoms with E-state index >= 15 is 0 Å². The largest absolute Gasteiger partial charge is 0.481 e. The minimum atomic E-state index is -0.784. The molecule has 0 unspecified atom stereocenters. The number of carbonyl (C=O) groups excluding carboxylic acids is 1. The molecule has 2 N–H and O–H groups in total. The molecule has 0 aliphatic heterocycles. The number of rotatable bonds is 8. The summed E-state index contributed by atoms with van der Waals surface area (Å²) in [6, 6.07) is 11.9. The van der Waals surface area contributed by atoms with E-state index in [2.05, 4.69) is 10.3 Å². The van der Waals surface area contributed by atoms with Gasteiger partial charge in [-0.2, -0.15) is 0 Å². The van der Waals surface area contributed by atoms with E-state index in [0.29, 0.717) is 24.4 Å². The summed E-state index contributed by atoms with van der Waals surface area (Å²) in [6.07, 6.45) is 4.22. The highest BCUT2D eigenvalue weighted by atomic mass is 16.4. The van der Waals surface area contributed by atoms with E-state index in [-0.39, 0.29) is 12.3 Å². The van der Waals surface area contributed by atoms with Gasteiger partial charge in [0.05, 0.1) is 0 Å². The fourth-order valence-electron chi connectivity index (χ4n) is 3.14. The van der Waals surface area contributed by atoms with Gasteiger partial charge < -0.3 is 10.4 Å². The SMILES string of the molecule is Cc1ccc(-c2nc3ccc(C)cn3c2C(=O)NCCCCCC(=O)O)cc1. The van der Waals surface area contributed by atoms with Crippen LogP contribution in [0.4, 0.5) is 0 Å². The summed E-state index contributed by atoms with van der Waals surface area (Å²) in [5.74, 6) is -0.959. The number of pyridine rings is 1. The van der Waals surface area contributed by atoms with Gasteiger partial charge in [-0.3, -0.25) is 14.0 Å². The van der Waals surface area contributed by atoms with E-state index in [1.54, 1.807) is 0 Å². The van der Waals surface area contributed by atoms with Crippen LogP contribution in [0.2, 0.25) is 0 Å². The number of imidazole rings is 1. The van der Waals surface area contributed by atoms with Crippen molar-refractivity contribution in [1.82, 2.24) is 14.7 Å². The number of hydrogen-bond donors (Lipinski definition) is 2. The number of nitrogens with one attached hydrogen (secondary N) is 1. The number of amides is 1. The minimum Gasteiger partial charge on any atom is -0.481 e. The molecule has 3 aromatic rings. The Morgan fingerprint density at radius 3 is 2.43 bits per heavy atom. The Labute approximate surface area is 164 Å². The molecule has 2 aromatic heterocycles. The molecule has 0 saturated carbocycles. The standard InChI is InChI=1S/C22H25N3O3/c1-15-7-10-17(11-8-15)20-21(25-14-16(2)9-12-18(25)24-20)22(28)23-13-5-3-4-6-19(26)27/h7-12,14H,3-6,13H2,1-2H3,(H,23,28)(H,26,27). The lowest BCUT2D eigenvalue weighted by Gasteiger charge is -2.08. The molecule has 6 nitrogen and oxygen atoms in total. The molecule has 0 radical (unpaired) electrons. The van der Waals surface area contributed by atoms with E-state index in [0.717, 1.165) is 35.2 Å². The fraction of sp³-hybridized carbons (Fsp3) is 0.318. The first-order valence-electron chi connectivity index (χ1n) is 9.51. The molecule has 0 fully saturated rings. The first kappa shape index (κ1) is 19.6. The summed E-state index contributed by atoms with van der Waals surface area (Å²) in [5.41, 5.74) is 5.01. The predicted octanol–water partition coefficient (Wildman–Crippen LogP) is 3.99. The second-order valence-corrected chi connectivity index (χ2v) is 7.07. The lowest BCUT2D eigenvalue weighted by molar-refractivity contribution is -0.137. The van der Waals surface area contributed by atoms with Gasteiger partial charge in [0.2, 0.25) is 0 Å². The number of benzene rings is 1. The van der Waals surface area contributed by atoms with Gasteiger partial charge in [0, 0.05) is 24.7 Å². The van der Waals surface area contributed by atoms with Crippen LogP contribution in [-0.2, 0) is 4.79 Å². The average Bonchev–Trinajstić information content (AvgIpc) is 3.03. The van der Waals surface area contributed by atoms with E-state index in [4.69, 9.17) is 5.11 Å². The van der Waals surface area contributed by atoms with Gasteiger partial charge in [-0.15, -0.1) is 0 Å². The molecule has 0 spiro atoms. The number of unbranched alkanes of at least 4 members (excludes halogenated alkanes) is 2. The van der Waals surface area contributed by atoms with E-state index in [1.807, 2.05) is 60.8 Å². The number of hydrogen-bond acceptors (Lipinski definition) is 3. The Kier molecular flexibility index (Phi) is 6.09. The number of nitrogens with zero attached hydrogens (tertiary/aromatic N) is 2. The van der Waals surface area contributed by atoms with Crippen molar-refractivity contribution in [3.05, 3.63) is 59.4 Å². The van der Waals surface area contributed by atoms with Gasteiger partial charge >= 0.3 is 5.97 Å². The molecule has 1 aromatic carbocycles. The lowest BCUT2D eigenvalue weighted by Crippen LogP contribution is -2.26. The van der Waals surface area contributed by atoms with Crippen LogP contribution in [0, 0.1) is 13.8 Å². The van der Waals surface area contributed by atoms with Crippen LogP contribution in [0.25, 0.3) is 16.9 Å². The van der Waals surface area contributed by atoms with Crippen molar-refractivity contribution < 1.29 is 14.7 Å². The smallest absolute Gasteiger partial charge is 0.303 e. The van der Waals surface area contributed by atoms with Crippen LogP contribution in [0.15, 0.2) is 42.6 Å². The van der Waals surface area contributed by atoms with Crippen LogP contribution in [0.5, 0.6) is 0 Å². The molecule has 2 heterocycles. The van der Waals surface area contributed by atoms with Crippen molar-refractivity contribution >= 4 is 17.5 Å². The van der Waals surface area contributed by atoms with Crippen molar-refractivity contribution in [2.24, 2.45) is 0 Å². The summed E-state index contributed by atoms with van der Waals surface area (Å²) in [4.78, 5) is 28.2. The van der Waals surface area contributed by atoms with Crippen molar-refractivity contribution in [2.75, 3.05) is 6.54 Å². The minimum absolute atomic E-state index is 0.165. The lowest BCUT2D eigenvalue weighted by atomic mass is 10.1. The summed E-state index contributed by atoms with van der Waals surface area (Å²) >= 11 is 0. The zero-order valence-electron chi connectivity index (χ0n) is 16.2. The second-order valence-electron chi connectivity index (χ2n) is 7.07. The topological polar surface area (TPSA) is 83.7 Å². The van der Waals surface area contributed by atoms with Crippen molar-refractivity contribution in [3.8, 4) is 11.3 Å². The Bertz CT molecular complexity index is 990. The third-order valence-electron chi connectivity index (χ3n) is 4.66. The Balaban J connectivity index is 1.82. The predicted molar refractivity (Wildman–Crippen MR) is 109 cm³/mol. The molecule has 28 heavy (non-hydrogen) atoms. The summed E-state index contributed by atoms with van der Waals surface area (Å²) in [5, 5.41) is 11.6. The van der Waals surface area contributed by atoms with E-state index in [1.165, 1.54) is 0 Å². The molecule has 1 amide bonds. The first-order chi connectivity index (χ1) is 13.5. The van der Waals surface area contributed by atoms with Gasteiger partial charge in [0.1, 0.15) is 17.0 Å². The molecular formula is C22H25N3O3. The maximum absolute atomic E-state index is 13.0. The Hall–Kier alpha value is -3.15. The van der Waals surface area contributed by atoms with Gasteiger partial charge in [-0.1, -0.05) is 42.3 Å². The molecular weight excluding hydrogens is 354 g/mol. The van der Waals surface area contributed by atoms with Crippen LogP contribution >= 0.6 is 0 Å². The van der Waals surface area contributed by atoms with Crippen molar-refractivity contribution in [3.63, 3.8) is 0 Å². The third-order valence-corrected chi connectivity index (χ3v) is 4.66. The molecule has 0 bridgehead atoms. The second kappa shape index (κ2) is 8.69. The Morgan fingerprint density at radius 1 is 1.00 bits per heavy atom. The number of fused-ring (bicyclic) bond motifs is 1. The zero-order valence-corrected chi connectivity index (χ0v) is 16.2. The first-order valence-corrected chi connectivity index (χ1v) is 9.51. The van der Waals surface area contributed by atoms with E-state index < -0.39 is 5.97 Å². The highest BCUT2D eigenvalue weighted by molar-refractivity contribution is 5.99. The van der Waals surface area contributed by atoms with Gasteiger partial charge in [0.15, 0.2) is 0 Å². The number of carboxylic acid groups (broad SMARTS) is 1. The van der Waals surface area contributed by atoms with E-state index in [9.17, 15) is 9.59 Å². The van der Waals surface area contributed by atoms with Gasteiger partial charge in [0.25, 0.3) is 5.91 Å². The molecule has 3 rings (SSSR count). The quantitative estimate of drug-likeness (QED) is 0.580. The average molecular weight is 379 g/mol. The molecule has 6 heteroatoms. The number of carbonyl (C=O) groups is 2. The summed E-state index contributed by atoms with van der Waals surface area (Å²) in [6.45, 7) is 4.51. The third kappa shape index (κ3) is 4.57. The number of aliphatic carboxylic acids is 1. The van der Waals surface area contributed by atoms with Crippen LogP contribution in [0.3, 0.4) is 0 Å². The molecule has 0 saturated heterocycles. The summed E-state index contributed by atoms with van der Waals surface area (Å²) in [7, 11) is 0. The monoisotopic (exact) mass is 379 g/mol. The van der Waals surface area contributed by atoms with Crippen molar-refractivity contribution in [1.29, 1.82) is 0 Å². The van der Waals surface area contributed by atoms with Gasteiger partial charge in [-0.05, 0) is 38.3 Å². The maximum Gasteiger partial charge on any atom is 0.303 e. The molecule has 0 aliphatic rings.